The zero-order valence-electron chi connectivity index (χ0n) is 11.4. The van der Waals surface area contributed by atoms with E-state index in [1.165, 1.54) is 32.1 Å². The summed E-state index contributed by atoms with van der Waals surface area (Å²) in [5.41, 5.74) is 0.555. The molecule has 2 unspecified atom stereocenters. The van der Waals surface area contributed by atoms with Crippen LogP contribution in [0.1, 0.15) is 42.5 Å². The van der Waals surface area contributed by atoms with Crippen molar-refractivity contribution in [2.75, 3.05) is 13.1 Å². The lowest BCUT2D eigenvalue weighted by atomic mass is 9.91. The summed E-state index contributed by atoms with van der Waals surface area (Å²) in [6, 6.07) is 5.70. The maximum atomic E-state index is 12.5. The number of hydrogen-bond acceptors (Lipinski definition) is 2. The summed E-state index contributed by atoms with van der Waals surface area (Å²) in [4.78, 5) is 14.9. The fraction of sp³-hybridized carbons (Fsp3) is 0.562. The van der Waals surface area contributed by atoms with Crippen molar-refractivity contribution in [1.82, 2.24) is 4.90 Å². The number of nitrogens with zero attached hydrogens (tertiary/aromatic N) is 1. The predicted octanol–water partition coefficient (Wildman–Crippen LogP) is 4.44. The van der Waals surface area contributed by atoms with Gasteiger partial charge < -0.3 is 0 Å². The molecule has 0 bridgehead atoms. The Morgan fingerprint density at radius 1 is 1.20 bits per heavy atom. The molecular weight excluding hydrogens is 293 g/mol. The fourth-order valence-electron chi connectivity index (χ4n) is 3.73. The molecule has 2 nitrogen and oxygen atoms in total. The first-order chi connectivity index (χ1) is 9.65. The van der Waals surface area contributed by atoms with Crippen molar-refractivity contribution in [2.45, 2.75) is 38.1 Å². The van der Waals surface area contributed by atoms with E-state index in [1.807, 2.05) is 0 Å². The molecule has 0 N–H and O–H groups in total. The minimum atomic E-state index is 0.0880. The van der Waals surface area contributed by atoms with E-state index in [4.69, 9.17) is 23.2 Å². The Kier molecular flexibility index (Phi) is 4.34. The van der Waals surface area contributed by atoms with E-state index in [9.17, 15) is 4.79 Å². The summed E-state index contributed by atoms with van der Waals surface area (Å²) in [7, 11) is 0. The van der Waals surface area contributed by atoms with Gasteiger partial charge in [0.15, 0.2) is 5.78 Å². The molecule has 1 aliphatic carbocycles. The van der Waals surface area contributed by atoms with Crippen LogP contribution in [0.2, 0.25) is 10.0 Å². The van der Waals surface area contributed by atoms with Crippen LogP contribution < -0.4 is 0 Å². The Morgan fingerprint density at radius 2 is 2.00 bits per heavy atom. The summed E-state index contributed by atoms with van der Waals surface area (Å²) in [6.07, 6.45) is 6.40. The molecule has 2 atom stereocenters. The second kappa shape index (κ2) is 6.05. The Hall–Kier alpha value is -0.570. The van der Waals surface area contributed by atoms with Gasteiger partial charge in [-0.15, -0.1) is 0 Å². The van der Waals surface area contributed by atoms with Crippen LogP contribution in [0.3, 0.4) is 0 Å². The van der Waals surface area contributed by atoms with Crippen LogP contribution in [0.4, 0.5) is 0 Å². The largest absolute Gasteiger partial charge is 0.293 e. The minimum Gasteiger partial charge on any atom is -0.293 e. The topological polar surface area (TPSA) is 20.3 Å². The van der Waals surface area contributed by atoms with E-state index in [2.05, 4.69) is 4.90 Å². The van der Waals surface area contributed by atoms with Gasteiger partial charge in [-0.05, 0) is 56.3 Å². The van der Waals surface area contributed by atoms with Crippen LogP contribution >= 0.6 is 23.2 Å². The highest BCUT2D eigenvalue weighted by atomic mass is 35.5. The van der Waals surface area contributed by atoms with Crippen molar-refractivity contribution in [3.8, 4) is 0 Å². The van der Waals surface area contributed by atoms with Crippen molar-refractivity contribution in [3.05, 3.63) is 33.8 Å². The molecule has 1 aromatic rings. The van der Waals surface area contributed by atoms with Crippen LogP contribution in [-0.4, -0.2) is 29.8 Å². The third-order valence-electron chi connectivity index (χ3n) is 4.68. The fourth-order valence-corrected chi connectivity index (χ4v) is 4.13. The molecule has 4 heteroatoms. The molecule has 2 aliphatic rings. The number of Topliss-reactive ketones (excluding diaryl/α,β-unsaturated/α-hetero) is 1. The highest BCUT2D eigenvalue weighted by molar-refractivity contribution is 6.36. The van der Waals surface area contributed by atoms with Crippen molar-refractivity contribution in [1.29, 1.82) is 0 Å². The van der Waals surface area contributed by atoms with Crippen LogP contribution in [0.25, 0.3) is 0 Å². The predicted molar refractivity (Wildman–Crippen MR) is 82.7 cm³/mol. The van der Waals surface area contributed by atoms with Gasteiger partial charge in [0, 0.05) is 16.6 Å². The van der Waals surface area contributed by atoms with Gasteiger partial charge in [0.05, 0.1) is 11.6 Å². The van der Waals surface area contributed by atoms with Crippen LogP contribution in [0.15, 0.2) is 18.2 Å². The molecule has 1 aliphatic heterocycles. The van der Waals surface area contributed by atoms with Gasteiger partial charge >= 0.3 is 0 Å². The Bertz CT molecular complexity index is 517. The number of likely N-dealkylation sites (tertiary alicyclic amines) is 1. The van der Waals surface area contributed by atoms with E-state index in [1.54, 1.807) is 18.2 Å². The number of fused-ring (bicyclic) bond motifs is 1. The molecule has 108 valence electrons. The van der Waals surface area contributed by atoms with Crippen molar-refractivity contribution in [2.24, 2.45) is 5.92 Å². The average molecular weight is 312 g/mol. The second-order valence-corrected chi connectivity index (χ2v) is 6.76. The first-order valence-electron chi connectivity index (χ1n) is 7.37. The Morgan fingerprint density at radius 3 is 2.85 bits per heavy atom. The number of rotatable bonds is 3. The highest BCUT2D eigenvalue weighted by Gasteiger charge is 2.35. The molecule has 0 radical (unpaired) electrons. The first-order valence-corrected chi connectivity index (χ1v) is 8.13. The second-order valence-electron chi connectivity index (χ2n) is 5.92. The molecule has 3 rings (SSSR count). The zero-order chi connectivity index (χ0) is 14.1. The maximum Gasteiger partial charge on any atom is 0.178 e. The van der Waals surface area contributed by atoms with Crippen molar-refractivity contribution in [3.63, 3.8) is 0 Å². The molecule has 0 spiro atoms. The summed E-state index contributed by atoms with van der Waals surface area (Å²) in [6.45, 7) is 1.51. The monoisotopic (exact) mass is 311 g/mol. The van der Waals surface area contributed by atoms with Gasteiger partial charge in [-0.3, -0.25) is 9.69 Å². The number of carbonyl (C=O) groups excluding carboxylic acids is 1. The van der Waals surface area contributed by atoms with E-state index in [-0.39, 0.29) is 5.78 Å². The molecular formula is C16H19Cl2NO. The van der Waals surface area contributed by atoms with Crippen LogP contribution in [0.5, 0.6) is 0 Å². The lowest BCUT2D eigenvalue weighted by Gasteiger charge is -2.37. The van der Waals surface area contributed by atoms with Crippen LogP contribution in [0, 0.1) is 5.92 Å². The molecule has 1 heterocycles. The molecule has 0 amide bonds. The van der Waals surface area contributed by atoms with E-state index >= 15 is 0 Å². The number of hydrogen-bond donors (Lipinski definition) is 0. The number of carbonyl (C=O) groups is 1. The van der Waals surface area contributed by atoms with Gasteiger partial charge in [-0.1, -0.05) is 29.6 Å². The smallest absolute Gasteiger partial charge is 0.178 e. The van der Waals surface area contributed by atoms with Gasteiger partial charge in [0.25, 0.3) is 0 Å². The molecule has 20 heavy (non-hydrogen) atoms. The van der Waals surface area contributed by atoms with E-state index in [0.29, 0.717) is 28.2 Å². The standard InChI is InChI=1S/C16H19Cl2NO/c17-12-6-7-14(18)13(9-12)16(20)10-19-8-2-4-11-3-1-5-15(11)19/h6-7,9,11,15H,1-5,8,10H2. The van der Waals surface area contributed by atoms with Crippen LogP contribution in [-0.2, 0) is 0 Å². The summed E-state index contributed by atoms with van der Waals surface area (Å²) >= 11 is 12.1. The van der Waals surface area contributed by atoms with Gasteiger partial charge in [-0.25, -0.2) is 0 Å². The quantitative estimate of drug-likeness (QED) is 0.769. The summed E-state index contributed by atoms with van der Waals surface area (Å²) in [5.74, 6) is 0.886. The molecule has 1 aromatic carbocycles. The van der Waals surface area contributed by atoms with E-state index < -0.39 is 0 Å². The number of halogens is 2. The highest BCUT2D eigenvalue weighted by Crippen LogP contribution is 2.36. The lowest BCUT2D eigenvalue weighted by Crippen LogP contribution is -2.45. The number of piperidine rings is 1. The van der Waals surface area contributed by atoms with Gasteiger partial charge in [0.1, 0.15) is 0 Å². The normalized spacial score (nSPS) is 26.5. The molecule has 1 saturated heterocycles. The maximum absolute atomic E-state index is 12.5. The average Bonchev–Trinajstić information content (AvgIpc) is 2.91. The minimum absolute atomic E-state index is 0.0880. The molecule has 1 saturated carbocycles. The Labute approximate surface area is 130 Å². The number of ketones is 1. The van der Waals surface area contributed by atoms with Crippen molar-refractivity contribution < 1.29 is 4.79 Å². The third kappa shape index (κ3) is 2.88. The summed E-state index contributed by atoms with van der Waals surface area (Å²) < 4.78 is 0. The molecule has 0 aromatic heterocycles. The van der Waals surface area contributed by atoms with Crippen molar-refractivity contribution >= 4 is 29.0 Å². The van der Waals surface area contributed by atoms with E-state index in [0.717, 1.165) is 12.5 Å². The van der Waals surface area contributed by atoms with Gasteiger partial charge in [0.2, 0.25) is 0 Å². The Balaban J connectivity index is 1.73. The lowest BCUT2D eigenvalue weighted by molar-refractivity contribution is 0.0777. The third-order valence-corrected chi connectivity index (χ3v) is 5.25. The molecule has 2 fully saturated rings. The summed E-state index contributed by atoms with van der Waals surface area (Å²) in [5, 5.41) is 1.06. The zero-order valence-corrected chi connectivity index (χ0v) is 13.0. The number of benzene rings is 1. The first kappa shape index (κ1) is 14.4. The van der Waals surface area contributed by atoms with Gasteiger partial charge in [-0.2, -0.15) is 0 Å². The SMILES string of the molecule is O=C(CN1CCCC2CCCC21)c1cc(Cl)ccc1Cl.